The quantitative estimate of drug-likeness (QED) is 0.227. The Balaban J connectivity index is 1.66. The summed E-state index contributed by atoms with van der Waals surface area (Å²) in [5, 5.41) is 9.97. The van der Waals surface area contributed by atoms with E-state index in [1.165, 1.54) is 0 Å². The normalized spacial score (nSPS) is 11.8. The van der Waals surface area contributed by atoms with Crippen molar-refractivity contribution in [3.05, 3.63) is 131 Å². The summed E-state index contributed by atoms with van der Waals surface area (Å²) in [4.78, 5) is 2.10. The molecule has 1 N–H and O–H groups in total. The van der Waals surface area contributed by atoms with Crippen molar-refractivity contribution in [1.82, 2.24) is 4.90 Å². The maximum atomic E-state index is 9.97. The van der Waals surface area contributed by atoms with E-state index in [0.717, 1.165) is 51.4 Å². The second-order valence-electron chi connectivity index (χ2n) is 9.17. The van der Waals surface area contributed by atoms with Crippen LogP contribution in [0.2, 0.25) is 0 Å². The third-order valence-corrected chi connectivity index (χ3v) is 6.13. The lowest BCUT2D eigenvalue weighted by molar-refractivity contribution is 0.261. The van der Waals surface area contributed by atoms with Crippen LogP contribution in [0.5, 0.6) is 11.5 Å². The van der Waals surface area contributed by atoms with Crippen LogP contribution in [-0.2, 0) is 6.61 Å². The summed E-state index contributed by atoms with van der Waals surface area (Å²) in [6.07, 6.45) is 0.548. The molecule has 0 aliphatic rings. The van der Waals surface area contributed by atoms with Crippen LogP contribution in [0.25, 0.3) is 11.1 Å². The first kappa shape index (κ1) is 26.2. The smallest absolute Gasteiger partial charge is 0.119 e. The standard InChI is InChI=1S/C33H35NO3/c1-34(2)22-24-36-30-17-13-28(14-18-30)33(32(21-23-35)27-11-7-4-8-12-27)29-15-19-31(20-16-29)37-25-26-9-5-3-6-10-26/h3-20,35H,21-25H2,1-2H3/b33-32-. The van der Waals surface area contributed by atoms with Crippen LogP contribution in [0.15, 0.2) is 109 Å². The molecule has 0 amide bonds. The van der Waals surface area contributed by atoms with Crippen LogP contribution in [-0.4, -0.2) is 43.9 Å². The number of hydrogen-bond donors (Lipinski definition) is 1. The zero-order valence-electron chi connectivity index (χ0n) is 21.6. The Morgan fingerprint density at radius 1 is 0.649 bits per heavy atom. The van der Waals surface area contributed by atoms with E-state index < -0.39 is 0 Å². The highest BCUT2D eigenvalue weighted by Gasteiger charge is 2.15. The lowest BCUT2D eigenvalue weighted by atomic mass is 9.88. The van der Waals surface area contributed by atoms with Crippen LogP contribution in [0.1, 0.15) is 28.7 Å². The number of hydrogen-bond acceptors (Lipinski definition) is 4. The number of likely N-dealkylation sites (N-methyl/N-ethyl adjacent to an activating group) is 1. The van der Waals surface area contributed by atoms with Gasteiger partial charge in [-0.15, -0.1) is 0 Å². The average Bonchev–Trinajstić information content (AvgIpc) is 2.94. The Hall–Kier alpha value is -3.86. The molecule has 4 aromatic carbocycles. The van der Waals surface area contributed by atoms with Crippen LogP contribution >= 0.6 is 0 Å². The molecule has 0 spiro atoms. The number of aliphatic hydroxyl groups is 1. The van der Waals surface area contributed by atoms with Gasteiger partial charge in [0.05, 0.1) is 0 Å². The summed E-state index contributed by atoms with van der Waals surface area (Å²) < 4.78 is 11.9. The number of ether oxygens (including phenoxy) is 2. The minimum absolute atomic E-state index is 0.0672. The SMILES string of the molecule is CN(C)CCOc1ccc(/C(=C(\CCO)c2ccccc2)c2ccc(OCc3ccccc3)cc2)cc1. The highest BCUT2D eigenvalue weighted by Crippen LogP contribution is 2.35. The Labute approximate surface area is 220 Å². The minimum atomic E-state index is 0.0672. The van der Waals surface area contributed by atoms with Gasteiger partial charge in [0, 0.05) is 13.2 Å². The molecule has 0 atom stereocenters. The molecule has 0 saturated carbocycles. The highest BCUT2D eigenvalue weighted by atomic mass is 16.5. The first-order valence-electron chi connectivity index (χ1n) is 12.7. The molecule has 37 heavy (non-hydrogen) atoms. The summed E-state index contributed by atoms with van der Waals surface area (Å²) in [7, 11) is 4.07. The Kier molecular flexibility index (Phi) is 9.53. The second-order valence-corrected chi connectivity index (χ2v) is 9.17. The van der Waals surface area contributed by atoms with Gasteiger partial charge in [0.25, 0.3) is 0 Å². The predicted molar refractivity (Wildman–Crippen MR) is 152 cm³/mol. The van der Waals surface area contributed by atoms with E-state index >= 15 is 0 Å². The molecule has 190 valence electrons. The molecule has 4 rings (SSSR count). The second kappa shape index (κ2) is 13.4. The number of aliphatic hydroxyl groups excluding tert-OH is 1. The number of rotatable bonds is 12. The van der Waals surface area contributed by atoms with Crippen molar-refractivity contribution in [2.24, 2.45) is 0 Å². The largest absolute Gasteiger partial charge is 0.492 e. The van der Waals surface area contributed by atoms with E-state index in [9.17, 15) is 5.11 Å². The molecular formula is C33H35NO3. The molecule has 0 radical (unpaired) electrons. The summed E-state index contributed by atoms with van der Waals surface area (Å²) in [6.45, 7) is 2.09. The van der Waals surface area contributed by atoms with Crippen molar-refractivity contribution in [3.63, 3.8) is 0 Å². The van der Waals surface area contributed by atoms with Gasteiger partial charge in [-0.1, -0.05) is 84.9 Å². The van der Waals surface area contributed by atoms with E-state index in [1.54, 1.807) is 0 Å². The minimum Gasteiger partial charge on any atom is -0.492 e. The van der Waals surface area contributed by atoms with Gasteiger partial charge in [-0.25, -0.2) is 0 Å². The molecule has 4 heteroatoms. The van der Waals surface area contributed by atoms with Gasteiger partial charge in [-0.2, -0.15) is 0 Å². The molecular weight excluding hydrogens is 458 g/mol. The first-order valence-corrected chi connectivity index (χ1v) is 12.7. The molecule has 0 fully saturated rings. The van der Waals surface area contributed by atoms with Gasteiger partial charge >= 0.3 is 0 Å². The molecule has 0 aliphatic heterocycles. The highest BCUT2D eigenvalue weighted by molar-refractivity contribution is 5.98. The van der Waals surface area contributed by atoms with Gasteiger partial charge in [0.1, 0.15) is 24.7 Å². The molecule has 0 bridgehead atoms. The van der Waals surface area contributed by atoms with E-state index in [1.807, 2.05) is 74.8 Å². The van der Waals surface area contributed by atoms with Crippen molar-refractivity contribution in [2.75, 3.05) is 33.9 Å². The molecule has 4 aromatic rings. The van der Waals surface area contributed by atoms with E-state index in [0.29, 0.717) is 19.6 Å². The monoisotopic (exact) mass is 493 g/mol. The maximum absolute atomic E-state index is 9.97. The Morgan fingerprint density at radius 3 is 1.73 bits per heavy atom. The zero-order valence-corrected chi connectivity index (χ0v) is 21.6. The maximum Gasteiger partial charge on any atom is 0.119 e. The van der Waals surface area contributed by atoms with Crippen molar-refractivity contribution >= 4 is 11.1 Å². The molecule has 0 unspecified atom stereocenters. The van der Waals surface area contributed by atoms with Crippen LogP contribution in [0, 0.1) is 0 Å². The molecule has 0 aromatic heterocycles. The van der Waals surface area contributed by atoms with Crippen molar-refractivity contribution in [1.29, 1.82) is 0 Å². The average molecular weight is 494 g/mol. The van der Waals surface area contributed by atoms with E-state index in [2.05, 4.69) is 53.4 Å². The number of nitrogens with zero attached hydrogens (tertiary/aromatic N) is 1. The third kappa shape index (κ3) is 7.56. The predicted octanol–water partition coefficient (Wildman–Crippen LogP) is 6.55. The van der Waals surface area contributed by atoms with E-state index in [4.69, 9.17) is 9.47 Å². The van der Waals surface area contributed by atoms with Gasteiger partial charge < -0.3 is 19.5 Å². The Bertz CT molecular complexity index is 1250. The van der Waals surface area contributed by atoms with Gasteiger partial charge in [0.15, 0.2) is 0 Å². The molecule has 0 saturated heterocycles. The summed E-state index contributed by atoms with van der Waals surface area (Å²) >= 11 is 0. The molecule has 0 aliphatic carbocycles. The molecule has 0 heterocycles. The summed E-state index contributed by atoms with van der Waals surface area (Å²) in [5.41, 5.74) is 6.57. The van der Waals surface area contributed by atoms with Crippen LogP contribution in [0.3, 0.4) is 0 Å². The zero-order chi connectivity index (χ0) is 25.9. The third-order valence-electron chi connectivity index (χ3n) is 6.13. The number of benzene rings is 4. The van der Waals surface area contributed by atoms with Gasteiger partial charge in [0.2, 0.25) is 0 Å². The van der Waals surface area contributed by atoms with Crippen molar-refractivity contribution in [2.45, 2.75) is 13.0 Å². The lowest BCUT2D eigenvalue weighted by Gasteiger charge is -2.18. The first-order chi connectivity index (χ1) is 18.1. The summed E-state index contributed by atoms with van der Waals surface area (Å²) in [6, 6.07) is 36.9. The van der Waals surface area contributed by atoms with Crippen molar-refractivity contribution < 1.29 is 14.6 Å². The van der Waals surface area contributed by atoms with Crippen LogP contribution in [0.4, 0.5) is 0 Å². The molecule has 4 nitrogen and oxygen atoms in total. The van der Waals surface area contributed by atoms with Crippen LogP contribution < -0.4 is 9.47 Å². The van der Waals surface area contributed by atoms with Crippen molar-refractivity contribution in [3.8, 4) is 11.5 Å². The summed E-state index contributed by atoms with van der Waals surface area (Å²) in [5.74, 6) is 1.66. The topological polar surface area (TPSA) is 41.9 Å². The fourth-order valence-electron chi connectivity index (χ4n) is 4.20. The Morgan fingerprint density at radius 2 is 1.19 bits per heavy atom. The van der Waals surface area contributed by atoms with E-state index in [-0.39, 0.29) is 6.61 Å². The van der Waals surface area contributed by atoms with Gasteiger partial charge in [-0.05, 0) is 78.2 Å². The van der Waals surface area contributed by atoms with Gasteiger partial charge in [-0.3, -0.25) is 0 Å². The lowest BCUT2D eigenvalue weighted by Crippen LogP contribution is -2.19. The fraction of sp³-hybridized carbons (Fsp3) is 0.212. The fourth-order valence-corrected chi connectivity index (χ4v) is 4.20.